The molecule has 19 heavy (non-hydrogen) atoms. The molecule has 4 rings (SSSR count). The molecule has 1 heteroatoms. The Kier molecular flexibility index (Phi) is 2.14. The largest absolute Gasteiger partial charge is 0.336 e. The molecule has 0 amide bonds. The Morgan fingerprint density at radius 3 is 2.79 bits per heavy atom. The molecule has 2 aromatic carbocycles. The Balaban J connectivity index is 2.14. The third-order valence-corrected chi connectivity index (χ3v) is 4.28. The second kappa shape index (κ2) is 3.74. The van der Waals surface area contributed by atoms with Crippen molar-refractivity contribution in [1.82, 2.24) is 4.57 Å². The third kappa shape index (κ3) is 1.36. The van der Waals surface area contributed by atoms with Crippen LogP contribution in [0.1, 0.15) is 23.6 Å². The first kappa shape index (κ1) is 10.9. The molecular weight excluding hydrogens is 230 g/mol. The molecule has 2 heterocycles. The van der Waals surface area contributed by atoms with Gasteiger partial charge in [0.1, 0.15) is 0 Å². The highest BCUT2D eigenvalue weighted by atomic mass is 15.0. The summed E-state index contributed by atoms with van der Waals surface area (Å²) >= 11 is 0. The molecule has 1 aliphatic heterocycles. The lowest BCUT2D eigenvalue weighted by molar-refractivity contribution is 0.882. The number of fused-ring (bicyclic) bond motifs is 5. The van der Waals surface area contributed by atoms with E-state index in [0.29, 0.717) is 0 Å². The van der Waals surface area contributed by atoms with Gasteiger partial charge < -0.3 is 4.57 Å². The van der Waals surface area contributed by atoms with Gasteiger partial charge in [-0.2, -0.15) is 0 Å². The van der Waals surface area contributed by atoms with E-state index in [9.17, 15) is 0 Å². The Hall–Kier alpha value is -2.02. The lowest BCUT2D eigenvalue weighted by Gasteiger charge is -2.02. The highest BCUT2D eigenvalue weighted by Crippen LogP contribution is 2.41. The summed E-state index contributed by atoms with van der Waals surface area (Å²) in [6.45, 7) is 5.46. The van der Waals surface area contributed by atoms with Gasteiger partial charge in [-0.15, -0.1) is 0 Å². The first-order valence-corrected chi connectivity index (χ1v) is 6.99. The molecule has 0 aliphatic carbocycles. The molecule has 0 atom stereocenters. The molecule has 0 fully saturated rings. The minimum atomic E-state index is 1.02. The lowest BCUT2D eigenvalue weighted by atomic mass is 10.0. The molecule has 1 nitrogen and oxygen atoms in total. The van der Waals surface area contributed by atoms with Crippen molar-refractivity contribution in [2.45, 2.75) is 26.8 Å². The zero-order chi connectivity index (χ0) is 13.0. The molecule has 94 valence electrons. The fourth-order valence-electron chi connectivity index (χ4n) is 3.43. The Labute approximate surface area is 113 Å². The molecule has 0 saturated heterocycles. The van der Waals surface area contributed by atoms with E-state index in [-0.39, 0.29) is 0 Å². The molecule has 1 aromatic heterocycles. The van der Waals surface area contributed by atoms with Gasteiger partial charge in [-0.1, -0.05) is 42.8 Å². The summed E-state index contributed by atoms with van der Waals surface area (Å²) in [7, 11) is 0. The zero-order valence-electron chi connectivity index (χ0n) is 11.4. The van der Waals surface area contributed by atoms with Crippen LogP contribution in [0.15, 0.2) is 42.5 Å². The highest BCUT2D eigenvalue weighted by Gasteiger charge is 2.24. The van der Waals surface area contributed by atoms with Crippen molar-refractivity contribution in [2.75, 3.05) is 0 Å². The standard InChI is InChI=1S/C18H17N/c1-3-14-16-10-12(2)8-9-17(16)19-11-13-6-4-5-7-15(13)18(14)19/h4-10H,3,11H2,1-2H3. The third-order valence-electron chi connectivity index (χ3n) is 4.28. The van der Waals surface area contributed by atoms with Gasteiger partial charge in [0.05, 0.1) is 5.69 Å². The van der Waals surface area contributed by atoms with Crippen LogP contribution in [0.2, 0.25) is 0 Å². The monoisotopic (exact) mass is 247 g/mol. The van der Waals surface area contributed by atoms with Crippen molar-refractivity contribution in [2.24, 2.45) is 0 Å². The van der Waals surface area contributed by atoms with Gasteiger partial charge in [-0.05, 0) is 36.6 Å². The molecule has 3 aromatic rings. The van der Waals surface area contributed by atoms with Gasteiger partial charge in [0.25, 0.3) is 0 Å². The number of nitrogens with zero attached hydrogens (tertiary/aromatic N) is 1. The SMILES string of the molecule is CCc1c2n(c3ccc(C)cc13)Cc1ccccc1-2. The van der Waals surface area contributed by atoms with Crippen molar-refractivity contribution in [3.05, 3.63) is 59.2 Å². The number of aryl methyl sites for hydroxylation is 2. The van der Waals surface area contributed by atoms with Crippen LogP contribution >= 0.6 is 0 Å². The molecule has 0 unspecified atom stereocenters. The van der Waals surface area contributed by atoms with E-state index in [0.717, 1.165) is 13.0 Å². The fourth-order valence-corrected chi connectivity index (χ4v) is 3.43. The second-order valence-corrected chi connectivity index (χ2v) is 5.44. The van der Waals surface area contributed by atoms with Gasteiger partial charge >= 0.3 is 0 Å². The van der Waals surface area contributed by atoms with Gasteiger partial charge in [0.15, 0.2) is 0 Å². The lowest BCUT2D eigenvalue weighted by Crippen LogP contribution is -1.91. The number of rotatable bonds is 1. The predicted octanol–water partition coefficient (Wildman–Crippen LogP) is 4.54. The summed E-state index contributed by atoms with van der Waals surface area (Å²) in [6.07, 6.45) is 1.09. The normalized spacial score (nSPS) is 12.7. The average Bonchev–Trinajstić information content (AvgIpc) is 2.92. The smallest absolute Gasteiger partial charge is 0.0530 e. The maximum Gasteiger partial charge on any atom is 0.0530 e. The van der Waals surface area contributed by atoms with Crippen LogP contribution in [0.4, 0.5) is 0 Å². The van der Waals surface area contributed by atoms with E-state index >= 15 is 0 Å². The molecule has 0 radical (unpaired) electrons. The van der Waals surface area contributed by atoms with Crippen LogP contribution in [0.5, 0.6) is 0 Å². The summed E-state index contributed by atoms with van der Waals surface area (Å²) < 4.78 is 2.48. The van der Waals surface area contributed by atoms with Gasteiger partial charge in [0, 0.05) is 23.0 Å². The van der Waals surface area contributed by atoms with E-state index in [1.807, 2.05) is 0 Å². The Bertz CT molecular complexity index is 793. The summed E-state index contributed by atoms with van der Waals surface area (Å²) in [6, 6.07) is 15.6. The highest BCUT2D eigenvalue weighted by molar-refractivity contribution is 5.94. The van der Waals surface area contributed by atoms with E-state index in [4.69, 9.17) is 0 Å². The van der Waals surface area contributed by atoms with E-state index < -0.39 is 0 Å². The van der Waals surface area contributed by atoms with E-state index in [1.54, 1.807) is 0 Å². The summed E-state index contributed by atoms with van der Waals surface area (Å²) in [5, 5.41) is 1.44. The van der Waals surface area contributed by atoms with Crippen molar-refractivity contribution >= 4 is 10.9 Å². The summed E-state index contributed by atoms with van der Waals surface area (Å²) in [4.78, 5) is 0. The van der Waals surface area contributed by atoms with Gasteiger partial charge in [-0.3, -0.25) is 0 Å². The maximum atomic E-state index is 2.48. The van der Waals surface area contributed by atoms with Crippen molar-refractivity contribution in [3.63, 3.8) is 0 Å². The molecule has 0 spiro atoms. The van der Waals surface area contributed by atoms with Gasteiger partial charge in [0.2, 0.25) is 0 Å². The number of benzene rings is 2. The first-order chi connectivity index (χ1) is 9.29. The van der Waals surface area contributed by atoms with Crippen LogP contribution in [0.25, 0.3) is 22.2 Å². The minimum absolute atomic E-state index is 1.02. The maximum absolute atomic E-state index is 2.48. The predicted molar refractivity (Wildman–Crippen MR) is 80.6 cm³/mol. The molecule has 1 aliphatic rings. The van der Waals surface area contributed by atoms with E-state index in [1.165, 1.54) is 38.9 Å². The molecule has 0 N–H and O–H groups in total. The van der Waals surface area contributed by atoms with Crippen LogP contribution in [0, 0.1) is 6.92 Å². The van der Waals surface area contributed by atoms with Crippen molar-refractivity contribution < 1.29 is 0 Å². The topological polar surface area (TPSA) is 4.93 Å². The average molecular weight is 247 g/mol. The minimum Gasteiger partial charge on any atom is -0.336 e. The van der Waals surface area contributed by atoms with Crippen molar-refractivity contribution in [1.29, 1.82) is 0 Å². The fraction of sp³-hybridized carbons (Fsp3) is 0.222. The van der Waals surface area contributed by atoms with Crippen LogP contribution < -0.4 is 0 Å². The van der Waals surface area contributed by atoms with Gasteiger partial charge in [-0.25, -0.2) is 0 Å². The number of hydrogen-bond donors (Lipinski definition) is 0. The Morgan fingerprint density at radius 1 is 1.11 bits per heavy atom. The quantitative estimate of drug-likeness (QED) is 0.465. The molecular formula is C18H17N. The van der Waals surface area contributed by atoms with Crippen LogP contribution in [-0.2, 0) is 13.0 Å². The number of hydrogen-bond acceptors (Lipinski definition) is 0. The summed E-state index contributed by atoms with van der Waals surface area (Å²) in [5.41, 5.74) is 8.55. The first-order valence-electron chi connectivity index (χ1n) is 6.99. The second-order valence-electron chi connectivity index (χ2n) is 5.44. The van der Waals surface area contributed by atoms with E-state index in [2.05, 4.69) is 60.9 Å². The number of aromatic nitrogens is 1. The Morgan fingerprint density at radius 2 is 1.95 bits per heavy atom. The zero-order valence-corrected chi connectivity index (χ0v) is 11.4. The van der Waals surface area contributed by atoms with Crippen LogP contribution in [-0.4, -0.2) is 4.57 Å². The summed E-state index contributed by atoms with van der Waals surface area (Å²) in [5.74, 6) is 0. The van der Waals surface area contributed by atoms with Crippen molar-refractivity contribution in [3.8, 4) is 11.3 Å². The molecule has 0 saturated carbocycles. The molecule has 0 bridgehead atoms. The van der Waals surface area contributed by atoms with Crippen LogP contribution in [0.3, 0.4) is 0 Å².